The fraction of sp³-hybridized carbons (Fsp3) is 0.0196. The summed E-state index contributed by atoms with van der Waals surface area (Å²) in [4.78, 5) is 2.42. The zero-order chi connectivity index (χ0) is 34.9. The molecule has 9 aromatic rings. The molecule has 0 aliphatic heterocycles. The van der Waals surface area contributed by atoms with Crippen LogP contribution >= 0.6 is 0 Å². The van der Waals surface area contributed by atoms with E-state index in [1.807, 2.05) is 0 Å². The van der Waals surface area contributed by atoms with Gasteiger partial charge in [0, 0.05) is 33.5 Å². The molecular formula is C51H34N2. The van der Waals surface area contributed by atoms with Gasteiger partial charge in [0.25, 0.3) is 0 Å². The van der Waals surface area contributed by atoms with E-state index >= 15 is 0 Å². The highest BCUT2D eigenvalue weighted by Gasteiger charge is 2.48. The van der Waals surface area contributed by atoms with Crippen LogP contribution in [0.3, 0.4) is 0 Å². The molecule has 0 radical (unpaired) electrons. The number of rotatable bonds is 4. The van der Waals surface area contributed by atoms with Crippen molar-refractivity contribution in [1.29, 1.82) is 0 Å². The average molecular weight is 675 g/mol. The molecule has 1 aromatic heterocycles. The topological polar surface area (TPSA) is 8.17 Å². The fourth-order valence-corrected chi connectivity index (χ4v) is 9.26. The first kappa shape index (κ1) is 29.8. The highest BCUT2D eigenvalue weighted by atomic mass is 15.1. The van der Waals surface area contributed by atoms with Crippen LogP contribution in [0.15, 0.2) is 194 Å². The molecule has 11 rings (SSSR count). The van der Waals surface area contributed by atoms with Gasteiger partial charge in [-0.15, -0.1) is 0 Å². The van der Waals surface area contributed by atoms with Crippen molar-refractivity contribution in [3.05, 3.63) is 228 Å². The molecule has 0 atom stereocenters. The Labute approximate surface area is 309 Å². The van der Waals surface area contributed by atoms with E-state index < -0.39 is 5.41 Å². The molecule has 0 saturated carbocycles. The van der Waals surface area contributed by atoms with E-state index in [-0.39, 0.29) is 0 Å². The summed E-state index contributed by atoms with van der Waals surface area (Å²) >= 11 is 0. The maximum Gasteiger partial charge on any atom is 0.0725 e. The van der Waals surface area contributed by atoms with E-state index in [4.69, 9.17) is 0 Å². The molecule has 2 nitrogen and oxygen atoms in total. The predicted molar refractivity (Wildman–Crippen MR) is 222 cm³/mol. The molecule has 0 N–H and O–H groups in total. The summed E-state index contributed by atoms with van der Waals surface area (Å²) in [6.07, 6.45) is 4.58. The lowest BCUT2D eigenvalue weighted by molar-refractivity contribution is 0.766. The van der Waals surface area contributed by atoms with Gasteiger partial charge in [-0.1, -0.05) is 146 Å². The molecule has 0 saturated heterocycles. The number of fused-ring (bicyclic) bond motifs is 12. The second-order valence-corrected chi connectivity index (χ2v) is 14.1. The summed E-state index contributed by atoms with van der Waals surface area (Å²) in [5.41, 5.74) is 16.8. The Kier molecular flexibility index (Phi) is 6.50. The summed E-state index contributed by atoms with van der Waals surface area (Å²) in [7, 11) is 0. The number of aromatic nitrogens is 1. The second-order valence-electron chi connectivity index (χ2n) is 14.1. The first-order valence-corrected chi connectivity index (χ1v) is 18.4. The third-order valence-corrected chi connectivity index (χ3v) is 11.4. The number of anilines is 3. The Hall–Kier alpha value is -6.90. The minimum absolute atomic E-state index is 0.448. The smallest absolute Gasteiger partial charge is 0.0725 e. The van der Waals surface area contributed by atoms with Gasteiger partial charge in [0.1, 0.15) is 0 Å². The number of para-hydroxylation sites is 3. The predicted octanol–water partition coefficient (Wildman–Crippen LogP) is 13.1. The lowest BCUT2D eigenvalue weighted by Gasteiger charge is -2.35. The van der Waals surface area contributed by atoms with Crippen LogP contribution in [-0.4, -0.2) is 4.57 Å². The zero-order valence-corrected chi connectivity index (χ0v) is 29.0. The SMILES string of the molecule is C1=Cc2ccccc2C2(c3ccccc31)c1ccccc1-c1cc(N(c3ccccc3)c3ccc4c(c3)c3ccccc3n4-c3ccccc3)ccc12. The first-order chi connectivity index (χ1) is 26.3. The van der Waals surface area contributed by atoms with E-state index in [1.165, 1.54) is 66.3 Å². The average Bonchev–Trinajstić information content (AvgIpc) is 3.65. The van der Waals surface area contributed by atoms with Crippen molar-refractivity contribution in [2.75, 3.05) is 4.90 Å². The summed E-state index contributed by atoms with van der Waals surface area (Å²) in [6, 6.07) is 71.2. The van der Waals surface area contributed by atoms with Gasteiger partial charge in [0.2, 0.25) is 0 Å². The Morgan fingerprint density at radius 1 is 0.358 bits per heavy atom. The van der Waals surface area contributed by atoms with Gasteiger partial charge in [-0.2, -0.15) is 0 Å². The van der Waals surface area contributed by atoms with E-state index in [9.17, 15) is 0 Å². The largest absolute Gasteiger partial charge is 0.310 e. The fourth-order valence-electron chi connectivity index (χ4n) is 9.26. The van der Waals surface area contributed by atoms with Gasteiger partial charge in [-0.25, -0.2) is 0 Å². The normalized spacial score (nSPS) is 13.4. The molecule has 0 unspecified atom stereocenters. The van der Waals surface area contributed by atoms with Crippen LogP contribution in [-0.2, 0) is 5.41 Å². The quantitative estimate of drug-likeness (QED) is 0.180. The van der Waals surface area contributed by atoms with Gasteiger partial charge in [0.15, 0.2) is 0 Å². The number of hydrogen-bond acceptors (Lipinski definition) is 1. The molecule has 2 heteroatoms. The van der Waals surface area contributed by atoms with Crippen molar-refractivity contribution in [1.82, 2.24) is 4.57 Å². The number of nitrogens with zero attached hydrogens (tertiary/aromatic N) is 2. The highest BCUT2D eigenvalue weighted by molar-refractivity contribution is 6.10. The Balaban J connectivity index is 1.16. The third-order valence-electron chi connectivity index (χ3n) is 11.4. The molecule has 1 spiro atoms. The lowest BCUT2D eigenvalue weighted by Crippen LogP contribution is -2.29. The van der Waals surface area contributed by atoms with Crippen LogP contribution in [0.25, 0.3) is 50.8 Å². The molecular weight excluding hydrogens is 641 g/mol. The monoisotopic (exact) mass is 674 g/mol. The van der Waals surface area contributed by atoms with Gasteiger partial charge in [-0.3, -0.25) is 0 Å². The van der Waals surface area contributed by atoms with Crippen molar-refractivity contribution >= 4 is 51.0 Å². The third kappa shape index (κ3) is 4.27. The van der Waals surface area contributed by atoms with Crippen LogP contribution in [0.5, 0.6) is 0 Å². The minimum Gasteiger partial charge on any atom is -0.310 e. The molecule has 0 fully saturated rings. The van der Waals surface area contributed by atoms with Crippen LogP contribution in [0.1, 0.15) is 33.4 Å². The number of benzene rings is 8. The molecule has 8 aromatic carbocycles. The Bertz CT molecular complexity index is 2850. The van der Waals surface area contributed by atoms with Crippen LogP contribution in [0.2, 0.25) is 0 Å². The lowest BCUT2D eigenvalue weighted by atomic mass is 9.66. The maximum atomic E-state index is 2.43. The van der Waals surface area contributed by atoms with Crippen molar-refractivity contribution in [2.24, 2.45) is 0 Å². The Morgan fingerprint density at radius 3 is 1.66 bits per heavy atom. The molecule has 2 aliphatic carbocycles. The van der Waals surface area contributed by atoms with Crippen LogP contribution in [0, 0.1) is 0 Å². The molecule has 0 amide bonds. The van der Waals surface area contributed by atoms with Crippen LogP contribution in [0.4, 0.5) is 17.1 Å². The van der Waals surface area contributed by atoms with Gasteiger partial charge < -0.3 is 9.47 Å². The van der Waals surface area contributed by atoms with E-state index in [1.54, 1.807) is 0 Å². The maximum absolute atomic E-state index is 2.43. The van der Waals surface area contributed by atoms with Crippen LogP contribution < -0.4 is 4.90 Å². The molecule has 0 bridgehead atoms. The number of hydrogen-bond donors (Lipinski definition) is 0. The highest BCUT2D eigenvalue weighted by Crippen LogP contribution is 2.59. The molecule has 248 valence electrons. The van der Waals surface area contributed by atoms with Gasteiger partial charge >= 0.3 is 0 Å². The summed E-state index contributed by atoms with van der Waals surface area (Å²) in [5, 5.41) is 2.47. The summed E-state index contributed by atoms with van der Waals surface area (Å²) < 4.78 is 2.38. The summed E-state index contributed by atoms with van der Waals surface area (Å²) in [5.74, 6) is 0. The summed E-state index contributed by atoms with van der Waals surface area (Å²) in [6.45, 7) is 0. The Morgan fingerprint density at radius 2 is 0.906 bits per heavy atom. The van der Waals surface area contributed by atoms with E-state index in [2.05, 4.69) is 216 Å². The second kappa shape index (κ2) is 11.6. The van der Waals surface area contributed by atoms with E-state index in [0.717, 1.165) is 22.7 Å². The van der Waals surface area contributed by atoms with Gasteiger partial charge in [-0.05, 0) is 105 Å². The van der Waals surface area contributed by atoms with E-state index in [0.29, 0.717) is 0 Å². The first-order valence-electron chi connectivity index (χ1n) is 18.4. The molecule has 53 heavy (non-hydrogen) atoms. The van der Waals surface area contributed by atoms with Crippen molar-refractivity contribution in [3.8, 4) is 16.8 Å². The van der Waals surface area contributed by atoms with Crippen molar-refractivity contribution in [2.45, 2.75) is 5.41 Å². The van der Waals surface area contributed by atoms with Crippen molar-refractivity contribution < 1.29 is 0 Å². The molecule has 2 aliphatic rings. The van der Waals surface area contributed by atoms with Crippen molar-refractivity contribution in [3.63, 3.8) is 0 Å². The standard InChI is InChI=1S/C51H34N2/c1-3-17-37(18-4-1)52(40-30-32-50-44(34-40)42-22-10-14-26-49(42)53(50)38-19-5-2-6-20-38)39-29-31-48-43(33-39)41-21-9-13-25-47(41)51(48)45-23-11-7-15-35(45)27-28-36-16-8-12-24-46(36)51/h1-34H. The minimum atomic E-state index is -0.448. The van der Waals surface area contributed by atoms with Gasteiger partial charge in [0.05, 0.1) is 16.4 Å². The zero-order valence-electron chi connectivity index (χ0n) is 29.0. The molecule has 1 heterocycles.